The van der Waals surface area contributed by atoms with Crippen molar-refractivity contribution in [3.63, 3.8) is 0 Å². The van der Waals surface area contributed by atoms with Gasteiger partial charge in [0.15, 0.2) is 0 Å². The molecule has 0 unspecified atom stereocenters. The Morgan fingerprint density at radius 3 is 2.52 bits per heavy atom. The van der Waals surface area contributed by atoms with Crippen LogP contribution in [0.2, 0.25) is 0 Å². The number of anilines is 2. The first-order chi connectivity index (χ1) is 10.2. The Morgan fingerprint density at radius 1 is 1.24 bits per heavy atom. The van der Waals surface area contributed by atoms with Gasteiger partial charge in [0.1, 0.15) is 0 Å². The maximum Gasteiger partial charge on any atom is 0.260 e. The molecule has 0 amide bonds. The third-order valence-corrected chi connectivity index (χ3v) is 3.15. The second-order valence-corrected chi connectivity index (χ2v) is 4.64. The van der Waals surface area contributed by atoms with Crippen LogP contribution in [0.15, 0.2) is 23.0 Å². The Bertz CT molecular complexity index is 648. The van der Waals surface area contributed by atoms with E-state index in [2.05, 4.69) is 9.97 Å². The van der Waals surface area contributed by atoms with Gasteiger partial charge in [-0.05, 0) is 18.2 Å². The van der Waals surface area contributed by atoms with Crippen LogP contribution in [0.25, 0.3) is 10.9 Å². The van der Waals surface area contributed by atoms with E-state index in [0.29, 0.717) is 48.8 Å². The Hall–Kier alpha value is -2.12. The fourth-order valence-corrected chi connectivity index (χ4v) is 2.02. The highest BCUT2D eigenvalue weighted by Gasteiger charge is 2.11. The van der Waals surface area contributed by atoms with E-state index in [1.807, 2.05) is 4.90 Å². The summed E-state index contributed by atoms with van der Waals surface area (Å²) in [6.07, 6.45) is 0. The molecule has 3 N–H and O–H groups in total. The van der Waals surface area contributed by atoms with Gasteiger partial charge in [0.2, 0.25) is 5.95 Å². The average molecular weight is 292 g/mol. The highest BCUT2D eigenvalue weighted by atomic mass is 16.5. The molecule has 7 nitrogen and oxygen atoms in total. The van der Waals surface area contributed by atoms with Gasteiger partial charge in [-0.25, -0.2) is 4.98 Å². The van der Waals surface area contributed by atoms with E-state index in [1.165, 1.54) is 0 Å². The van der Waals surface area contributed by atoms with Crippen LogP contribution in [0, 0.1) is 0 Å². The van der Waals surface area contributed by atoms with Crippen LogP contribution in [0.5, 0.6) is 0 Å². The normalized spacial score (nSPS) is 11.0. The number of ether oxygens (including phenoxy) is 2. The molecule has 114 valence electrons. The lowest BCUT2D eigenvalue weighted by atomic mass is 10.2. The number of fused-ring (bicyclic) bond motifs is 1. The van der Waals surface area contributed by atoms with Gasteiger partial charge in [-0.1, -0.05) is 0 Å². The fraction of sp³-hybridized carbons (Fsp3) is 0.429. The number of nitrogen functional groups attached to an aromatic ring is 1. The van der Waals surface area contributed by atoms with E-state index >= 15 is 0 Å². The van der Waals surface area contributed by atoms with Crippen molar-refractivity contribution in [3.8, 4) is 0 Å². The SMILES string of the molecule is COCCN(CCOC)c1nc2ccc(N)cc2c(=O)[nH]1. The summed E-state index contributed by atoms with van der Waals surface area (Å²) in [5, 5.41) is 0.484. The predicted octanol–water partition coefficient (Wildman–Crippen LogP) is 0.605. The first-order valence-electron chi connectivity index (χ1n) is 6.68. The van der Waals surface area contributed by atoms with Crippen molar-refractivity contribution in [2.24, 2.45) is 0 Å². The molecule has 0 radical (unpaired) electrons. The standard InChI is InChI=1S/C14H20N4O3/c1-20-7-5-18(6-8-21-2)14-16-12-4-3-10(15)9-11(12)13(19)17-14/h3-4,9H,5-8,15H2,1-2H3,(H,16,17,19). The smallest absolute Gasteiger partial charge is 0.260 e. The summed E-state index contributed by atoms with van der Waals surface area (Å²) in [7, 11) is 3.27. The number of hydrogen-bond donors (Lipinski definition) is 2. The lowest BCUT2D eigenvalue weighted by Crippen LogP contribution is -2.33. The van der Waals surface area contributed by atoms with Crippen LogP contribution >= 0.6 is 0 Å². The van der Waals surface area contributed by atoms with Crippen LogP contribution < -0.4 is 16.2 Å². The molecule has 21 heavy (non-hydrogen) atoms. The molecule has 0 aliphatic carbocycles. The first kappa shape index (κ1) is 15.3. The number of H-pyrrole nitrogens is 1. The van der Waals surface area contributed by atoms with Gasteiger partial charge in [0.25, 0.3) is 5.56 Å². The molecular formula is C14H20N4O3. The summed E-state index contributed by atoms with van der Waals surface area (Å²) in [5.74, 6) is 0.506. The Labute approximate surface area is 122 Å². The second kappa shape index (κ2) is 7.05. The van der Waals surface area contributed by atoms with E-state index in [4.69, 9.17) is 15.2 Å². The molecule has 7 heteroatoms. The number of aromatic nitrogens is 2. The molecule has 1 aromatic carbocycles. The lowest BCUT2D eigenvalue weighted by molar-refractivity contribution is 0.189. The maximum absolute atomic E-state index is 12.2. The topological polar surface area (TPSA) is 93.5 Å². The van der Waals surface area contributed by atoms with E-state index in [-0.39, 0.29) is 5.56 Å². The summed E-state index contributed by atoms with van der Waals surface area (Å²) < 4.78 is 10.2. The largest absolute Gasteiger partial charge is 0.399 e. The van der Waals surface area contributed by atoms with Crippen LogP contribution in [0.1, 0.15) is 0 Å². The molecule has 0 fully saturated rings. The summed E-state index contributed by atoms with van der Waals surface area (Å²) in [4.78, 5) is 21.4. The van der Waals surface area contributed by atoms with Gasteiger partial charge in [-0.2, -0.15) is 0 Å². The zero-order valence-corrected chi connectivity index (χ0v) is 12.3. The molecule has 0 bridgehead atoms. The molecule has 1 aromatic heterocycles. The average Bonchev–Trinajstić information content (AvgIpc) is 2.48. The lowest BCUT2D eigenvalue weighted by Gasteiger charge is -2.22. The van der Waals surface area contributed by atoms with E-state index < -0.39 is 0 Å². The minimum Gasteiger partial charge on any atom is -0.399 e. The molecule has 2 aromatic rings. The summed E-state index contributed by atoms with van der Waals surface area (Å²) in [5.41, 5.74) is 6.65. The molecule has 0 aliphatic rings. The Balaban J connectivity index is 2.37. The van der Waals surface area contributed by atoms with Crippen molar-refractivity contribution >= 4 is 22.5 Å². The molecular weight excluding hydrogens is 272 g/mol. The molecule has 1 heterocycles. The van der Waals surface area contributed by atoms with Gasteiger partial charge in [0.05, 0.1) is 24.1 Å². The summed E-state index contributed by atoms with van der Waals surface area (Å²) >= 11 is 0. The number of nitrogens with zero attached hydrogens (tertiary/aromatic N) is 2. The second-order valence-electron chi connectivity index (χ2n) is 4.64. The van der Waals surface area contributed by atoms with Crippen molar-refractivity contribution < 1.29 is 9.47 Å². The molecule has 0 saturated carbocycles. The highest BCUT2D eigenvalue weighted by molar-refractivity contribution is 5.81. The fourth-order valence-electron chi connectivity index (χ4n) is 2.02. The molecule has 2 rings (SSSR count). The number of hydrogen-bond acceptors (Lipinski definition) is 6. The minimum absolute atomic E-state index is 0.206. The maximum atomic E-state index is 12.2. The van der Waals surface area contributed by atoms with Gasteiger partial charge in [-0.15, -0.1) is 0 Å². The summed E-state index contributed by atoms with van der Waals surface area (Å²) in [6.45, 7) is 2.30. The van der Waals surface area contributed by atoms with E-state index in [1.54, 1.807) is 32.4 Å². The quantitative estimate of drug-likeness (QED) is 0.726. The molecule has 0 saturated heterocycles. The molecule has 0 aliphatic heterocycles. The first-order valence-corrected chi connectivity index (χ1v) is 6.68. The van der Waals surface area contributed by atoms with Crippen molar-refractivity contribution in [1.82, 2.24) is 9.97 Å². The number of methoxy groups -OCH3 is 2. The van der Waals surface area contributed by atoms with E-state index in [0.717, 1.165) is 0 Å². The molecule has 0 atom stereocenters. The predicted molar refractivity (Wildman–Crippen MR) is 82.7 cm³/mol. The van der Waals surface area contributed by atoms with Crippen molar-refractivity contribution in [1.29, 1.82) is 0 Å². The number of nitrogens with one attached hydrogen (secondary N) is 1. The van der Waals surface area contributed by atoms with Gasteiger partial charge < -0.3 is 20.1 Å². The van der Waals surface area contributed by atoms with Crippen molar-refractivity contribution in [2.75, 3.05) is 51.2 Å². The summed E-state index contributed by atoms with van der Waals surface area (Å²) in [6, 6.07) is 5.10. The van der Waals surface area contributed by atoms with Gasteiger partial charge >= 0.3 is 0 Å². The van der Waals surface area contributed by atoms with Crippen molar-refractivity contribution in [2.45, 2.75) is 0 Å². The third-order valence-electron chi connectivity index (χ3n) is 3.15. The Kier molecular flexibility index (Phi) is 5.13. The zero-order chi connectivity index (χ0) is 15.2. The zero-order valence-electron chi connectivity index (χ0n) is 12.3. The third kappa shape index (κ3) is 3.71. The van der Waals surface area contributed by atoms with E-state index in [9.17, 15) is 4.79 Å². The highest BCUT2D eigenvalue weighted by Crippen LogP contribution is 2.14. The van der Waals surface area contributed by atoms with Gasteiger partial charge in [0, 0.05) is 33.0 Å². The molecule has 0 spiro atoms. The van der Waals surface area contributed by atoms with Crippen LogP contribution in [0.3, 0.4) is 0 Å². The number of rotatable bonds is 7. The monoisotopic (exact) mass is 292 g/mol. The number of aromatic amines is 1. The van der Waals surface area contributed by atoms with Crippen molar-refractivity contribution in [3.05, 3.63) is 28.6 Å². The number of benzene rings is 1. The van der Waals surface area contributed by atoms with Crippen LogP contribution in [0.4, 0.5) is 11.6 Å². The van der Waals surface area contributed by atoms with Crippen LogP contribution in [-0.4, -0.2) is 50.5 Å². The van der Waals surface area contributed by atoms with Gasteiger partial charge in [-0.3, -0.25) is 9.78 Å². The van der Waals surface area contributed by atoms with Crippen LogP contribution in [-0.2, 0) is 9.47 Å². The Morgan fingerprint density at radius 2 is 1.90 bits per heavy atom. The minimum atomic E-state index is -0.206. The number of nitrogens with two attached hydrogens (primary N) is 1.